The molecular weight excluding hydrogens is 263 g/mol. The normalized spacial score (nSPS) is 10.7. The molecule has 0 bridgehead atoms. The maximum atomic E-state index is 13.0. The number of carbonyl (C=O) groups excluding carboxylic acids is 1. The Labute approximate surface area is 96.2 Å². The molecular formula is C10H12BrFN2O. The van der Waals surface area contributed by atoms with Crippen LogP contribution in [0, 0.1) is 5.82 Å². The topological polar surface area (TPSA) is 46.3 Å². The van der Waals surface area contributed by atoms with Crippen molar-refractivity contribution in [3.05, 3.63) is 34.1 Å². The highest BCUT2D eigenvalue weighted by Gasteiger charge is 2.05. The first-order valence-electron chi connectivity index (χ1n) is 4.39. The summed E-state index contributed by atoms with van der Waals surface area (Å²) in [6.45, 7) is 0.646. The lowest BCUT2D eigenvalue weighted by molar-refractivity contribution is -0.118. The van der Waals surface area contributed by atoms with E-state index in [2.05, 4.69) is 15.9 Å². The Bertz CT molecular complexity index is 350. The predicted octanol–water partition coefficient (Wildman–Crippen LogP) is 1.51. The average Bonchev–Trinajstić information content (AvgIpc) is 1.98. The van der Waals surface area contributed by atoms with E-state index in [0.29, 0.717) is 11.0 Å². The highest BCUT2D eigenvalue weighted by Crippen LogP contribution is 2.15. The molecule has 82 valence electrons. The number of halogens is 2. The first kappa shape index (κ1) is 12.1. The van der Waals surface area contributed by atoms with Crippen molar-refractivity contribution >= 4 is 21.8 Å². The first-order chi connectivity index (χ1) is 6.97. The fraction of sp³-hybridized carbons (Fsp3) is 0.300. The second-order valence-corrected chi connectivity index (χ2v) is 4.33. The van der Waals surface area contributed by atoms with Gasteiger partial charge in [-0.3, -0.25) is 9.69 Å². The van der Waals surface area contributed by atoms with Crippen LogP contribution in [0.2, 0.25) is 0 Å². The van der Waals surface area contributed by atoms with E-state index in [1.807, 2.05) is 0 Å². The van der Waals surface area contributed by atoms with Crippen LogP contribution in [-0.4, -0.2) is 24.4 Å². The van der Waals surface area contributed by atoms with Gasteiger partial charge >= 0.3 is 0 Å². The molecule has 0 saturated carbocycles. The Morgan fingerprint density at radius 1 is 1.53 bits per heavy atom. The molecule has 1 aromatic carbocycles. The van der Waals surface area contributed by atoms with E-state index in [0.717, 1.165) is 5.56 Å². The van der Waals surface area contributed by atoms with Crippen molar-refractivity contribution in [3.63, 3.8) is 0 Å². The average molecular weight is 275 g/mol. The molecule has 0 radical (unpaired) electrons. The van der Waals surface area contributed by atoms with Gasteiger partial charge in [0.1, 0.15) is 5.82 Å². The summed E-state index contributed by atoms with van der Waals surface area (Å²) in [5.74, 6) is -0.695. The number of carbonyl (C=O) groups is 1. The monoisotopic (exact) mass is 274 g/mol. The van der Waals surface area contributed by atoms with Gasteiger partial charge < -0.3 is 5.73 Å². The van der Waals surface area contributed by atoms with Crippen LogP contribution in [0.15, 0.2) is 22.7 Å². The molecule has 5 heteroatoms. The summed E-state index contributed by atoms with van der Waals surface area (Å²) < 4.78 is 13.7. The standard InChI is InChI=1S/C10H12BrFN2O/c1-14(6-10(13)15)5-7-2-8(11)4-9(12)3-7/h2-4H,5-6H2,1H3,(H2,13,15). The zero-order valence-corrected chi connectivity index (χ0v) is 9.92. The Balaban J connectivity index is 2.67. The molecule has 15 heavy (non-hydrogen) atoms. The van der Waals surface area contributed by atoms with Gasteiger partial charge in [-0.05, 0) is 30.8 Å². The van der Waals surface area contributed by atoms with Crippen LogP contribution in [0.3, 0.4) is 0 Å². The van der Waals surface area contributed by atoms with Gasteiger partial charge in [-0.1, -0.05) is 15.9 Å². The zero-order chi connectivity index (χ0) is 11.4. The third kappa shape index (κ3) is 4.40. The molecule has 0 aromatic heterocycles. The molecule has 0 aliphatic heterocycles. The molecule has 0 spiro atoms. The van der Waals surface area contributed by atoms with Gasteiger partial charge in [0.25, 0.3) is 0 Å². The number of rotatable bonds is 4. The van der Waals surface area contributed by atoms with Crippen molar-refractivity contribution < 1.29 is 9.18 Å². The van der Waals surface area contributed by atoms with E-state index in [1.54, 1.807) is 18.0 Å². The minimum Gasteiger partial charge on any atom is -0.369 e. The summed E-state index contributed by atoms with van der Waals surface area (Å²) in [6.07, 6.45) is 0. The van der Waals surface area contributed by atoms with E-state index in [9.17, 15) is 9.18 Å². The summed E-state index contributed by atoms with van der Waals surface area (Å²) >= 11 is 3.20. The lowest BCUT2D eigenvalue weighted by Gasteiger charge is -2.14. The molecule has 1 rings (SSSR count). The second-order valence-electron chi connectivity index (χ2n) is 3.42. The third-order valence-corrected chi connectivity index (χ3v) is 2.26. The van der Waals surface area contributed by atoms with Crippen molar-refractivity contribution in [3.8, 4) is 0 Å². The van der Waals surface area contributed by atoms with Crippen molar-refractivity contribution in [2.45, 2.75) is 6.54 Å². The van der Waals surface area contributed by atoms with Crippen LogP contribution in [0.1, 0.15) is 5.56 Å². The van der Waals surface area contributed by atoms with Crippen molar-refractivity contribution in [1.82, 2.24) is 4.90 Å². The van der Waals surface area contributed by atoms with Crippen LogP contribution < -0.4 is 5.73 Å². The Morgan fingerprint density at radius 3 is 2.73 bits per heavy atom. The van der Waals surface area contributed by atoms with E-state index >= 15 is 0 Å². The first-order valence-corrected chi connectivity index (χ1v) is 5.18. The maximum absolute atomic E-state index is 13.0. The summed E-state index contributed by atoms with van der Waals surface area (Å²) in [7, 11) is 1.75. The Hall–Kier alpha value is -0.940. The highest BCUT2D eigenvalue weighted by atomic mass is 79.9. The lowest BCUT2D eigenvalue weighted by atomic mass is 10.2. The van der Waals surface area contributed by atoms with Crippen molar-refractivity contribution in [2.24, 2.45) is 5.73 Å². The van der Waals surface area contributed by atoms with E-state index < -0.39 is 5.91 Å². The van der Waals surface area contributed by atoms with Gasteiger partial charge in [-0.2, -0.15) is 0 Å². The van der Waals surface area contributed by atoms with Gasteiger partial charge in [-0.15, -0.1) is 0 Å². The number of likely N-dealkylation sites (N-methyl/N-ethyl adjacent to an activating group) is 1. The van der Waals surface area contributed by atoms with Crippen LogP contribution in [-0.2, 0) is 11.3 Å². The van der Waals surface area contributed by atoms with E-state index in [1.165, 1.54) is 12.1 Å². The highest BCUT2D eigenvalue weighted by molar-refractivity contribution is 9.10. The fourth-order valence-electron chi connectivity index (χ4n) is 1.34. The summed E-state index contributed by atoms with van der Waals surface area (Å²) in [5, 5.41) is 0. The van der Waals surface area contributed by atoms with Gasteiger partial charge in [0.05, 0.1) is 6.54 Å². The van der Waals surface area contributed by atoms with Crippen LogP contribution in [0.5, 0.6) is 0 Å². The van der Waals surface area contributed by atoms with Crippen LogP contribution >= 0.6 is 15.9 Å². The minimum absolute atomic E-state index is 0.161. The molecule has 1 aromatic rings. The minimum atomic E-state index is -0.395. The molecule has 0 aliphatic rings. The third-order valence-electron chi connectivity index (χ3n) is 1.80. The molecule has 0 atom stereocenters. The molecule has 0 unspecified atom stereocenters. The maximum Gasteiger partial charge on any atom is 0.231 e. The molecule has 1 amide bonds. The lowest BCUT2D eigenvalue weighted by Crippen LogP contribution is -2.30. The predicted molar refractivity (Wildman–Crippen MR) is 59.6 cm³/mol. The number of amides is 1. The van der Waals surface area contributed by atoms with Crippen LogP contribution in [0.25, 0.3) is 0 Å². The number of hydrogen-bond acceptors (Lipinski definition) is 2. The van der Waals surface area contributed by atoms with Gasteiger partial charge in [0, 0.05) is 11.0 Å². The van der Waals surface area contributed by atoms with Crippen molar-refractivity contribution in [2.75, 3.05) is 13.6 Å². The van der Waals surface area contributed by atoms with E-state index in [-0.39, 0.29) is 12.4 Å². The molecule has 0 heterocycles. The Kier molecular flexibility index (Phi) is 4.23. The molecule has 0 aliphatic carbocycles. The Morgan fingerprint density at radius 2 is 2.20 bits per heavy atom. The zero-order valence-electron chi connectivity index (χ0n) is 8.34. The largest absolute Gasteiger partial charge is 0.369 e. The number of nitrogens with zero attached hydrogens (tertiary/aromatic N) is 1. The van der Waals surface area contributed by atoms with Gasteiger partial charge in [0.2, 0.25) is 5.91 Å². The van der Waals surface area contributed by atoms with E-state index in [4.69, 9.17) is 5.73 Å². The van der Waals surface area contributed by atoms with Crippen LogP contribution in [0.4, 0.5) is 4.39 Å². The number of nitrogens with two attached hydrogens (primary N) is 1. The number of hydrogen-bond donors (Lipinski definition) is 1. The molecule has 2 N–H and O–H groups in total. The molecule has 0 saturated heterocycles. The smallest absolute Gasteiger partial charge is 0.231 e. The molecule has 0 fully saturated rings. The molecule has 3 nitrogen and oxygen atoms in total. The van der Waals surface area contributed by atoms with Gasteiger partial charge in [-0.25, -0.2) is 4.39 Å². The fourth-order valence-corrected chi connectivity index (χ4v) is 1.85. The van der Waals surface area contributed by atoms with Crippen molar-refractivity contribution in [1.29, 1.82) is 0 Å². The second kappa shape index (κ2) is 5.23. The van der Waals surface area contributed by atoms with Gasteiger partial charge in [0.15, 0.2) is 0 Å². The SMILES string of the molecule is CN(CC(N)=O)Cc1cc(F)cc(Br)c1. The summed E-state index contributed by atoms with van der Waals surface area (Å²) in [4.78, 5) is 12.4. The number of benzene rings is 1. The number of primary amides is 1. The summed E-state index contributed by atoms with van der Waals surface area (Å²) in [6, 6.07) is 4.63. The summed E-state index contributed by atoms with van der Waals surface area (Å²) in [5.41, 5.74) is 5.84. The quantitative estimate of drug-likeness (QED) is 0.905.